The zero-order valence-corrected chi connectivity index (χ0v) is 16.8. The lowest BCUT2D eigenvalue weighted by molar-refractivity contribution is 0.0717. The van der Waals surface area contributed by atoms with Gasteiger partial charge in [0.25, 0.3) is 5.91 Å². The second-order valence-corrected chi connectivity index (χ2v) is 7.42. The highest BCUT2D eigenvalue weighted by Crippen LogP contribution is 2.31. The molecule has 10 heteroatoms. The Labute approximate surface area is 181 Å². The van der Waals surface area contributed by atoms with Crippen molar-refractivity contribution in [2.45, 2.75) is 26.3 Å². The Morgan fingerprint density at radius 3 is 2.31 bits per heavy atom. The van der Waals surface area contributed by atoms with Crippen LogP contribution in [0.15, 0.2) is 42.7 Å². The van der Waals surface area contributed by atoms with Crippen LogP contribution in [0.25, 0.3) is 11.0 Å². The first kappa shape index (κ1) is 20.0. The van der Waals surface area contributed by atoms with E-state index in [9.17, 15) is 13.6 Å². The molecule has 1 amide bonds. The van der Waals surface area contributed by atoms with Crippen molar-refractivity contribution in [3.05, 3.63) is 82.6 Å². The van der Waals surface area contributed by atoms with E-state index in [1.807, 2.05) is 0 Å². The number of rotatable bonds is 5. The number of anilines is 1. The molecule has 5 rings (SSSR count). The molecule has 0 atom stereocenters. The fourth-order valence-electron chi connectivity index (χ4n) is 3.76. The number of aromatic nitrogens is 4. The van der Waals surface area contributed by atoms with Gasteiger partial charge in [-0.3, -0.25) is 14.8 Å². The number of halogens is 2. The van der Waals surface area contributed by atoms with Crippen LogP contribution in [0.1, 0.15) is 33.0 Å². The molecule has 0 saturated carbocycles. The molecule has 0 aromatic carbocycles. The number of hydrogen-bond donors (Lipinski definition) is 2. The molecule has 0 bridgehead atoms. The van der Waals surface area contributed by atoms with Gasteiger partial charge < -0.3 is 20.4 Å². The predicted molar refractivity (Wildman–Crippen MR) is 111 cm³/mol. The van der Waals surface area contributed by atoms with E-state index in [4.69, 9.17) is 10.5 Å². The van der Waals surface area contributed by atoms with Crippen molar-refractivity contribution in [1.29, 1.82) is 0 Å². The monoisotopic (exact) mass is 436 g/mol. The SMILES string of the molecule is Nc1nc2cc(C(=O)N(Cc3ncccc3F)Cc3ncccc3F)[nH]c2c2c1COC2. The van der Waals surface area contributed by atoms with Crippen LogP contribution in [-0.2, 0) is 31.0 Å². The summed E-state index contributed by atoms with van der Waals surface area (Å²) in [5.41, 5.74) is 9.17. The number of ether oxygens (including phenoxy) is 1. The van der Waals surface area contributed by atoms with Gasteiger partial charge in [-0.25, -0.2) is 13.8 Å². The number of nitrogen functional groups attached to an aromatic ring is 1. The van der Waals surface area contributed by atoms with Crippen molar-refractivity contribution >= 4 is 22.8 Å². The van der Waals surface area contributed by atoms with Crippen molar-refractivity contribution in [1.82, 2.24) is 24.8 Å². The fraction of sp³-hybridized carbons (Fsp3) is 0.182. The van der Waals surface area contributed by atoms with Crippen molar-refractivity contribution in [3.63, 3.8) is 0 Å². The van der Waals surface area contributed by atoms with Gasteiger partial charge in [-0.1, -0.05) is 0 Å². The molecule has 1 aliphatic rings. The smallest absolute Gasteiger partial charge is 0.271 e. The molecular formula is C22H18F2N6O2. The van der Waals surface area contributed by atoms with Gasteiger partial charge in [-0.2, -0.15) is 0 Å². The van der Waals surface area contributed by atoms with Gasteiger partial charge in [0.05, 0.1) is 48.7 Å². The summed E-state index contributed by atoms with van der Waals surface area (Å²) in [6, 6.07) is 7.00. The molecule has 0 unspecified atom stereocenters. The van der Waals surface area contributed by atoms with E-state index in [0.29, 0.717) is 30.1 Å². The number of carbonyl (C=O) groups excluding carboxylic acids is 1. The lowest BCUT2D eigenvalue weighted by atomic mass is 10.1. The largest absolute Gasteiger partial charge is 0.383 e. The van der Waals surface area contributed by atoms with E-state index >= 15 is 0 Å². The maximum Gasteiger partial charge on any atom is 0.271 e. The van der Waals surface area contributed by atoms with E-state index in [1.54, 1.807) is 6.07 Å². The van der Waals surface area contributed by atoms with Gasteiger partial charge in [0.1, 0.15) is 23.1 Å². The van der Waals surface area contributed by atoms with Crippen molar-refractivity contribution < 1.29 is 18.3 Å². The molecule has 8 nitrogen and oxygen atoms in total. The number of aromatic amines is 1. The van der Waals surface area contributed by atoms with Crippen LogP contribution in [0, 0.1) is 11.6 Å². The van der Waals surface area contributed by atoms with E-state index < -0.39 is 17.5 Å². The topological polar surface area (TPSA) is 110 Å². The van der Waals surface area contributed by atoms with E-state index in [0.717, 1.165) is 11.1 Å². The predicted octanol–water partition coefficient (Wildman–Crippen LogP) is 3.09. The third-order valence-corrected chi connectivity index (χ3v) is 5.37. The van der Waals surface area contributed by atoms with E-state index in [2.05, 4.69) is 19.9 Å². The quantitative estimate of drug-likeness (QED) is 0.498. The van der Waals surface area contributed by atoms with Crippen LogP contribution in [0.2, 0.25) is 0 Å². The minimum atomic E-state index is -0.562. The van der Waals surface area contributed by atoms with Gasteiger partial charge in [-0.15, -0.1) is 0 Å². The van der Waals surface area contributed by atoms with Crippen molar-refractivity contribution in [2.24, 2.45) is 0 Å². The molecule has 4 aromatic rings. The summed E-state index contributed by atoms with van der Waals surface area (Å²) in [5, 5.41) is 0. The molecule has 4 aromatic heterocycles. The highest BCUT2D eigenvalue weighted by Gasteiger charge is 2.25. The van der Waals surface area contributed by atoms with Gasteiger partial charge >= 0.3 is 0 Å². The van der Waals surface area contributed by atoms with Crippen molar-refractivity contribution in [2.75, 3.05) is 5.73 Å². The maximum absolute atomic E-state index is 14.3. The summed E-state index contributed by atoms with van der Waals surface area (Å²) in [6.07, 6.45) is 2.86. The summed E-state index contributed by atoms with van der Waals surface area (Å²) in [7, 11) is 0. The Bertz CT molecular complexity index is 1290. The number of nitrogens with one attached hydrogen (secondary N) is 1. The van der Waals surface area contributed by atoms with Gasteiger partial charge in [-0.05, 0) is 30.3 Å². The van der Waals surface area contributed by atoms with E-state index in [-0.39, 0.29) is 30.2 Å². The summed E-state index contributed by atoms with van der Waals surface area (Å²) in [4.78, 5) is 30.2. The van der Waals surface area contributed by atoms with E-state index in [1.165, 1.54) is 41.6 Å². The lowest BCUT2D eigenvalue weighted by Gasteiger charge is -2.22. The second-order valence-electron chi connectivity index (χ2n) is 7.42. The number of carbonyl (C=O) groups is 1. The van der Waals surface area contributed by atoms with Crippen LogP contribution in [-0.4, -0.2) is 30.7 Å². The third-order valence-electron chi connectivity index (χ3n) is 5.37. The maximum atomic E-state index is 14.3. The van der Waals surface area contributed by atoms with Crippen LogP contribution < -0.4 is 5.73 Å². The Hall–Kier alpha value is -3.92. The Morgan fingerprint density at radius 2 is 1.69 bits per heavy atom. The number of H-pyrrole nitrogens is 1. The zero-order valence-electron chi connectivity index (χ0n) is 16.8. The standard InChI is InChI=1S/C22H18F2N6O2/c23-14-3-1-5-26-18(14)8-30(9-19-15(24)4-2-6-27-19)22(31)17-7-16-20(28-17)12-10-32-11-13(12)21(25)29-16/h1-7,28H,8-11H2,(H2,25,29). The molecule has 0 radical (unpaired) electrons. The molecule has 0 saturated heterocycles. The van der Waals surface area contributed by atoms with Crippen LogP contribution in [0.4, 0.5) is 14.6 Å². The number of nitrogens with two attached hydrogens (primary N) is 1. The number of pyridine rings is 3. The highest BCUT2D eigenvalue weighted by molar-refractivity contribution is 5.98. The summed E-state index contributed by atoms with van der Waals surface area (Å²) >= 11 is 0. The van der Waals surface area contributed by atoms with Gasteiger partial charge in [0.2, 0.25) is 0 Å². The highest BCUT2D eigenvalue weighted by atomic mass is 19.1. The number of nitrogens with zero attached hydrogens (tertiary/aromatic N) is 4. The molecule has 32 heavy (non-hydrogen) atoms. The minimum Gasteiger partial charge on any atom is -0.383 e. The molecule has 3 N–H and O–H groups in total. The number of fused-ring (bicyclic) bond motifs is 3. The molecule has 1 aliphatic heterocycles. The summed E-state index contributed by atoms with van der Waals surface area (Å²) in [6.45, 7) is 0.368. The second kappa shape index (κ2) is 7.97. The summed E-state index contributed by atoms with van der Waals surface area (Å²) < 4.78 is 34.0. The Kier molecular flexibility index (Phi) is 4.98. The molecule has 0 aliphatic carbocycles. The van der Waals surface area contributed by atoms with Crippen LogP contribution in [0.3, 0.4) is 0 Å². The Balaban J connectivity index is 1.54. The first-order chi connectivity index (χ1) is 15.5. The third kappa shape index (κ3) is 3.54. The Morgan fingerprint density at radius 1 is 1.06 bits per heavy atom. The molecular weight excluding hydrogens is 418 g/mol. The average Bonchev–Trinajstić information content (AvgIpc) is 3.43. The number of hydrogen-bond acceptors (Lipinski definition) is 6. The van der Waals surface area contributed by atoms with Crippen LogP contribution in [0.5, 0.6) is 0 Å². The normalized spacial score (nSPS) is 12.8. The summed E-state index contributed by atoms with van der Waals surface area (Å²) in [5.74, 6) is -1.25. The zero-order chi connectivity index (χ0) is 22.2. The molecule has 5 heterocycles. The number of amides is 1. The lowest BCUT2D eigenvalue weighted by Crippen LogP contribution is -2.32. The first-order valence-electron chi connectivity index (χ1n) is 9.87. The van der Waals surface area contributed by atoms with Crippen LogP contribution >= 0.6 is 0 Å². The minimum absolute atomic E-state index is 0.0601. The average molecular weight is 436 g/mol. The molecule has 162 valence electrons. The molecule has 0 spiro atoms. The van der Waals surface area contributed by atoms with Gasteiger partial charge in [0.15, 0.2) is 0 Å². The van der Waals surface area contributed by atoms with Crippen molar-refractivity contribution in [3.8, 4) is 0 Å². The van der Waals surface area contributed by atoms with Gasteiger partial charge in [0, 0.05) is 23.5 Å². The molecule has 0 fully saturated rings. The fourth-order valence-corrected chi connectivity index (χ4v) is 3.76. The first-order valence-corrected chi connectivity index (χ1v) is 9.87.